The van der Waals surface area contributed by atoms with E-state index in [0.29, 0.717) is 30.2 Å². The molecule has 2 aromatic heterocycles. The van der Waals surface area contributed by atoms with Gasteiger partial charge in [0.2, 0.25) is 0 Å². The lowest BCUT2D eigenvalue weighted by Crippen LogP contribution is -2.46. The summed E-state index contributed by atoms with van der Waals surface area (Å²) in [6.45, 7) is 6.95. The fourth-order valence-electron chi connectivity index (χ4n) is 3.94. The number of carbonyl (C=O) groups excluding carboxylic acids is 1. The Morgan fingerprint density at radius 3 is 2.55 bits per heavy atom. The van der Waals surface area contributed by atoms with Crippen LogP contribution in [0.3, 0.4) is 0 Å². The predicted octanol–water partition coefficient (Wildman–Crippen LogP) is 3.16. The minimum Gasteiger partial charge on any atom is -0.372 e. The topological polar surface area (TPSA) is 99.7 Å². The van der Waals surface area contributed by atoms with E-state index >= 15 is 0 Å². The zero-order chi connectivity index (χ0) is 23.5. The maximum atomic E-state index is 13.4. The number of nitriles is 1. The third-order valence-electron chi connectivity index (χ3n) is 5.43. The Morgan fingerprint density at radius 2 is 1.88 bits per heavy atom. The van der Waals surface area contributed by atoms with Crippen molar-refractivity contribution in [1.29, 1.82) is 5.26 Å². The first-order chi connectivity index (χ1) is 15.9. The van der Waals surface area contributed by atoms with Gasteiger partial charge in [-0.05, 0) is 51.1 Å². The van der Waals surface area contributed by atoms with E-state index in [0.717, 1.165) is 5.56 Å². The van der Waals surface area contributed by atoms with E-state index in [2.05, 4.69) is 5.32 Å². The van der Waals surface area contributed by atoms with Crippen molar-refractivity contribution in [3.63, 3.8) is 0 Å². The molecular formula is C25H25N5O3. The number of hydrogen-bond donors (Lipinski definition) is 1. The van der Waals surface area contributed by atoms with Gasteiger partial charge in [-0.2, -0.15) is 5.26 Å². The summed E-state index contributed by atoms with van der Waals surface area (Å²) in [5, 5.41) is 12.4. The van der Waals surface area contributed by atoms with Gasteiger partial charge in [0.25, 0.3) is 11.5 Å². The number of fused-ring (bicyclic) bond motifs is 1. The summed E-state index contributed by atoms with van der Waals surface area (Å²) in [4.78, 5) is 32.9. The Balaban J connectivity index is 1.80. The van der Waals surface area contributed by atoms with Gasteiger partial charge in [-0.3, -0.25) is 14.0 Å². The monoisotopic (exact) mass is 443 g/mol. The summed E-state index contributed by atoms with van der Waals surface area (Å²) >= 11 is 0. The van der Waals surface area contributed by atoms with Crippen LogP contribution in [0.2, 0.25) is 0 Å². The van der Waals surface area contributed by atoms with Gasteiger partial charge in [-0.15, -0.1) is 0 Å². The van der Waals surface area contributed by atoms with E-state index in [1.807, 2.05) is 43.9 Å². The van der Waals surface area contributed by atoms with Gasteiger partial charge in [-0.25, -0.2) is 4.98 Å². The van der Waals surface area contributed by atoms with E-state index in [1.54, 1.807) is 36.5 Å². The maximum absolute atomic E-state index is 13.4. The molecule has 1 aromatic carbocycles. The van der Waals surface area contributed by atoms with Crippen molar-refractivity contribution in [3.8, 4) is 6.07 Å². The smallest absolute Gasteiger partial charge is 0.267 e. The highest BCUT2D eigenvalue weighted by Gasteiger charge is 2.27. The molecule has 0 aliphatic carbocycles. The second-order valence-corrected chi connectivity index (χ2v) is 8.24. The summed E-state index contributed by atoms with van der Waals surface area (Å²) < 4.78 is 7.24. The standard InChI is InChI=1S/C25H25N5O3/c1-16-7-9-20(10-8-16)27-24(31)19(13-26)12-21-23(29-14-17(2)33-18(3)15-29)28-22-6-4-5-11-30(22)25(21)32/h4-12,17-18H,14-15H2,1-3H3,(H,27,31)/b19-12+/t17-,18-/m1/s1. The van der Waals surface area contributed by atoms with Gasteiger partial charge in [0.05, 0.1) is 17.8 Å². The molecule has 8 heteroatoms. The lowest BCUT2D eigenvalue weighted by molar-refractivity contribution is -0.112. The van der Waals surface area contributed by atoms with Crippen LogP contribution < -0.4 is 15.8 Å². The third-order valence-corrected chi connectivity index (χ3v) is 5.43. The van der Waals surface area contributed by atoms with E-state index in [1.165, 1.54) is 10.5 Å². The van der Waals surface area contributed by atoms with Crippen LogP contribution in [0.25, 0.3) is 11.7 Å². The SMILES string of the molecule is Cc1ccc(NC(=O)/C(C#N)=C/c2c(N3C[C@@H](C)O[C@H](C)C3)nc3ccccn3c2=O)cc1. The first-order valence-corrected chi connectivity index (χ1v) is 10.8. The molecule has 1 aliphatic rings. The maximum Gasteiger partial charge on any atom is 0.267 e. The molecule has 0 spiro atoms. The van der Waals surface area contributed by atoms with Gasteiger partial charge < -0.3 is 15.0 Å². The second kappa shape index (κ2) is 9.27. The first-order valence-electron chi connectivity index (χ1n) is 10.8. The summed E-state index contributed by atoms with van der Waals surface area (Å²) in [5.74, 6) is -0.155. The Kier molecular flexibility index (Phi) is 6.24. The van der Waals surface area contributed by atoms with Gasteiger partial charge >= 0.3 is 0 Å². The van der Waals surface area contributed by atoms with Crippen molar-refractivity contribution in [2.75, 3.05) is 23.3 Å². The largest absolute Gasteiger partial charge is 0.372 e. The summed E-state index contributed by atoms with van der Waals surface area (Å²) in [5.41, 5.74) is 1.77. The fourth-order valence-corrected chi connectivity index (χ4v) is 3.94. The number of morpholine rings is 1. The highest BCUT2D eigenvalue weighted by atomic mass is 16.5. The predicted molar refractivity (Wildman–Crippen MR) is 127 cm³/mol. The van der Waals surface area contributed by atoms with Crippen LogP contribution in [0.1, 0.15) is 25.0 Å². The molecule has 0 unspecified atom stereocenters. The Hall–Kier alpha value is -3.96. The van der Waals surface area contributed by atoms with E-state index in [9.17, 15) is 14.9 Å². The molecule has 1 aliphatic heterocycles. The fraction of sp³-hybridized carbons (Fsp3) is 0.280. The third kappa shape index (κ3) is 4.78. The van der Waals surface area contributed by atoms with Gasteiger partial charge in [0.15, 0.2) is 0 Å². The molecular weight excluding hydrogens is 418 g/mol. The average Bonchev–Trinajstić information content (AvgIpc) is 2.79. The van der Waals surface area contributed by atoms with E-state index < -0.39 is 5.91 Å². The molecule has 1 N–H and O–H groups in total. The van der Waals surface area contributed by atoms with E-state index in [4.69, 9.17) is 9.72 Å². The summed E-state index contributed by atoms with van der Waals surface area (Å²) in [7, 11) is 0. The van der Waals surface area contributed by atoms with Crippen molar-refractivity contribution in [1.82, 2.24) is 9.38 Å². The number of ether oxygens (including phenoxy) is 1. The van der Waals surface area contributed by atoms with E-state index in [-0.39, 0.29) is 28.9 Å². The van der Waals surface area contributed by atoms with Crippen LogP contribution in [0.5, 0.6) is 0 Å². The molecule has 3 aromatic rings. The average molecular weight is 444 g/mol. The molecule has 0 saturated carbocycles. The molecule has 33 heavy (non-hydrogen) atoms. The highest BCUT2D eigenvalue weighted by molar-refractivity contribution is 6.10. The molecule has 1 saturated heterocycles. The number of aromatic nitrogens is 2. The van der Waals surface area contributed by atoms with Gasteiger partial charge in [0.1, 0.15) is 23.1 Å². The van der Waals surface area contributed by atoms with Crippen LogP contribution in [0.15, 0.2) is 59.0 Å². The lowest BCUT2D eigenvalue weighted by Gasteiger charge is -2.36. The number of rotatable bonds is 4. The number of carbonyl (C=O) groups is 1. The molecule has 3 heterocycles. The van der Waals surface area contributed by atoms with Crippen molar-refractivity contribution in [2.45, 2.75) is 33.0 Å². The number of hydrogen-bond acceptors (Lipinski definition) is 6. The molecule has 1 fully saturated rings. The molecule has 2 atom stereocenters. The summed E-state index contributed by atoms with van der Waals surface area (Å²) in [6.07, 6.45) is 2.84. The second-order valence-electron chi connectivity index (χ2n) is 8.24. The number of anilines is 2. The Morgan fingerprint density at radius 1 is 1.18 bits per heavy atom. The minimum atomic E-state index is -0.589. The van der Waals surface area contributed by atoms with Gasteiger partial charge in [0, 0.05) is 25.0 Å². The zero-order valence-electron chi connectivity index (χ0n) is 18.8. The van der Waals surface area contributed by atoms with Crippen molar-refractivity contribution < 1.29 is 9.53 Å². The van der Waals surface area contributed by atoms with Crippen LogP contribution in [0.4, 0.5) is 11.5 Å². The number of nitrogens with one attached hydrogen (secondary N) is 1. The lowest BCUT2D eigenvalue weighted by atomic mass is 10.1. The highest BCUT2D eigenvalue weighted by Crippen LogP contribution is 2.23. The first kappa shape index (κ1) is 22.2. The number of aryl methyl sites for hydroxylation is 1. The molecule has 168 valence electrons. The summed E-state index contributed by atoms with van der Waals surface area (Å²) in [6, 6.07) is 14.5. The minimum absolute atomic E-state index is 0.0538. The Labute approximate surface area is 191 Å². The number of benzene rings is 1. The number of nitrogens with zero attached hydrogens (tertiary/aromatic N) is 4. The Bertz CT molecular complexity index is 1310. The van der Waals surface area contributed by atoms with Gasteiger partial charge in [-0.1, -0.05) is 23.8 Å². The van der Waals surface area contributed by atoms with Crippen LogP contribution in [-0.4, -0.2) is 40.6 Å². The zero-order valence-corrected chi connectivity index (χ0v) is 18.8. The quantitative estimate of drug-likeness (QED) is 0.491. The van der Waals surface area contributed by atoms with Crippen LogP contribution in [0, 0.1) is 18.3 Å². The molecule has 4 rings (SSSR count). The van der Waals surface area contributed by atoms with Crippen molar-refractivity contribution >= 4 is 29.1 Å². The van der Waals surface area contributed by atoms with Crippen molar-refractivity contribution in [2.24, 2.45) is 0 Å². The molecule has 0 bridgehead atoms. The molecule has 0 radical (unpaired) electrons. The number of pyridine rings is 1. The molecule has 8 nitrogen and oxygen atoms in total. The molecule has 1 amide bonds. The van der Waals surface area contributed by atoms with Crippen molar-refractivity contribution in [3.05, 3.63) is 75.7 Å². The number of amides is 1. The van der Waals surface area contributed by atoms with Crippen LogP contribution in [-0.2, 0) is 9.53 Å². The van der Waals surface area contributed by atoms with Crippen LogP contribution >= 0.6 is 0 Å². The normalized spacial score (nSPS) is 18.7.